The summed E-state index contributed by atoms with van der Waals surface area (Å²) in [4.78, 5) is 2.46. The quantitative estimate of drug-likeness (QED) is 0.570. The minimum absolute atomic E-state index is 0.512. The van der Waals surface area contributed by atoms with Crippen molar-refractivity contribution in [2.75, 3.05) is 13.6 Å². The van der Waals surface area contributed by atoms with E-state index in [0.29, 0.717) is 17.9 Å². The highest BCUT2D eigenvalue weighted by molar-refractivity contribution is 5.87. The molecule has 0 amide bonds. The van der Waals surface area contributed by atoms with Gasteiger partial charge in [0.2, 0.25) is 0 Å². The van der Waals surface area contributed by atoms with Crippen molar-refractivity contribution in [3.8, 4) is 6.07 Å². The predicted molar refractivity (Wildman–Crippen MR) is 115 cm³/mol. The molecular weight excluding hydrogens is 340 g/mol. The Morgan fingerprint density at radius 2 is 1.82 bits per heavy atom. The van der Waals surface area contributed by atoms with Crippen molar-refractivity contribution in [3.63, 3.8) is 0 Å². The van der Waals surface area contributed by atoms with Crippen molar-refractivity contribution in [2.24, 2.45) is 0 Å². The number of nitrogens with zero attached hydrogens (tertiary/aromatic N) is 2. The van der Waals surface area contributed by atoms with Crippen molar-refractivity contribution >= 4 is 10.8 Å². The molecule has 0 N–H and O–H groups in total. The first kappa shape index (κ1) is 17.5. The van der Waals surface area contributed by atoms with Crippen molar-refractivity contribution in [1.29, 1.82) is 5.26 Å². The molecular formula is C26H26N2. The molecule has 1 heterocycles. The average Bonchev–Trinajstić information content (AvgIpc) is 3.51. The van der Waals surface area contributed by atoms with Gasteiger partial charge in [-0.2, -0.15) is 5.26 Å². The molecule has 3 atom stereocenters. The molecule has 2 nitrogen and oxygen atoms in total. The first-order valence-electron chi connectivity index (χ1n) is 10.3. The van der Waals surface area contributed by atoms with Gasteiger partial charge in [0.15, 0.2) is 0 Å². The van der Waals surface area contributed by atoms with E-state index in [1.165, 1.54) is 51.4 Å². The fraction of sp³-hybridized carbons (Fsp3) is 0.346. The molecule has 5 rings (SSSR count). The van der Waals surface area contributed by atoms with Gasteiger partial charge in [0, 0.05) is 12.6 Å². The van der Waals surface area contributed by atoms with Crippen LogP contribution in [0.25, 0.3) is 10.8 Å². The third-order valence-corrected chi connectivity index (χ3v) is 6.97. The Morgan fingerprint density at radius 1 is 1.00 bits per heavy atom. The number of hydrogen-bond donors (Lipinski definition) is 0. The SMILES string of the molecule is Cc1cc(C2CC2c2ccc3c(c2)C(C)N(C)CC3)cc2ccc(C#N)cc12. The predicted octanol–water partition coefficient (Wildman–Crippen LogP) is 5.84. The van der Waals surface area contributed by atoms with E-state index in [2.05, 4.69) is 68.3 Å². The van der Waals surface area contributed by atoms with E-state index >= 15 is 0 Å². The van der Waals surface area contributed by atoms with Crippen LogP contribution in [0.2, 0.25) is 0 Å². The molecule has 0 spiro atoms. The van der Waals surface area contributed by atoms with Crippen LogP contribution in [0, 0.1) is 18.3 Å². The van der Waals surface area contributed by atoms with Crippen molar-refractivity contribution in [1.82, 2.24) is 4.90 Å². The standard InChI is InChI=1S/C26H26N2/c1-16-10-22(12-20-5-4-18(15-27)11-23(16)20)26-14-25(26)21-7-6-19-8-9-28(3)17(2)24(19)13-21/h4-7,10-13,17,25-26H,8-9,14H2,1-3H3. The molecule has 0 radical (unpaired) electrons. The van der Waals surface area contributed by atoms with Crippen LogP contribution in [-0.4, -0.2) is 18.5 Å². The summed E-state index contributed by atoms with van der Waals surface area (Å²) in [5, 5.41) is 11.6. The van der Waals surface area contributed by atoms with Crippen LogP contribution in [0.15, 0.2) is 48.5 Å². The Morgan fingerprint density at radius 3 is 2.64 bits per heavy atom. The minimum Gasteiger partial charge on any atom is -0.299 e. The van der Waals surface area contributed by atoms with E-state index in [1.807, 2.05) is 12.1 Å². The Hall–Kier alpha value is -2.63. The Balaban J connectivity index is 1.46. The van der Waals surface area contributed by atoms with Crippen LogP contribution >= 0.6 is 0 Å². The van der Waals surface area contributed by atoms with Gasteiger partial charge in [-0.05, 0) is 96.3 Å². The van der Waals surface area contributed by atoms with E-state index in [4.69, 9.17) is 5.26 Å². The Kier molecular flexibility index (Phi) is 4.03. The molecule has 3 aromatic carbocycles. The maximum atomic E-state index is 9.17. The number of rotatable bonds is 2. The molecule has 1 aliphatic carbocycles. The van der Waals surface area contributed by atoms with E-state index in [0.717, 1.165) is 12.1 Å². The van der Waals surface area contributed by atoms with Crippen molar-refractivity contribution in [3.05, 3.63) is 81.9 Å². The van der Waals surface area contributed by atoms with Crippen molar-refractivity contribution < 1.29 is 0 Å². The van der Waals surface area contributed by atoms with E-state index in [9.17, 15) is 0 Å². The van der Waals surface area contributed by atoms with Crippen LogP contribution in [0.4, 0.5) is 0 Å². The lowest BCUT2D eigenvalue weighted by Gasteiger charge is -2.32. The maximum absolute atomic E-state index is 9.17. The summed E-state index contributed by atoms with van der Waals surface area (Å²) in [7, 11) is 2.23. The summed E-state index contributed by atoms with van der Waals surface area (Å²) in [5.41, 5.74) is 8.01. The Labute approximate surface area is 167 Å². The van der Waals surface area contributed by atoms with Gasteiger partial charge in [-0.25, -0.2) is 0 Å². The Bertz CT molecular complexity index is 1120. The smallest absolute Gasteiger partial charge is 0.0991 e. The van der Waals surface area contributed by atoms with Gasteiger partial charge in [-0.3, -0.25) is 4.90 Å². The molecule has 3 aromatic rings. The molecule has 2 heteroatoms. The molecule has 1 fully saturated rings. The second-order valence-electron chi connectivity index (χ2n) is 8.70. The number of nitriles is 1. The fourth-order valence-corrected chi connectivity index (χ4v) is 4.98. The van der Waals surface area contributed by atoms with Crippen molar-refractivity contribution in [2.45, 2.75) is 44.6 Å². The molecule has 140 valence electrons. The van der Waals surface area contributed by atoms with E-state index < -0.39 is 0 Å². The van der Waals surface area contributed by atoms with E-state index in [-0.39, 0.29) is 0 Å². The highest BCUT2D eigenvalue weighted by atomic mass is 15.1. The molecule has 1 saturated carbocycles. The minimum atomic E-state index is 0.512. The monoisotopic (exact) mass is 366 g/mol. The van der Waals surface area contributed by atoms with Crippen LogP contribution in [-0.2, 0) is 6.42 Å². The first-order chi connectivity index (χ1) is 13.5. The lowest BCUT2D eigenvalue weighted by molar-refractivity contribution is 0.247. The van der Waals surface area contributed by atoms with Gasteiger partial charge in [0.1, 0.15) is 0 Å². The van der Waals surface area contributed by atoms with Gasteiger partial charge < -0.3 is 0 Å². The highest BCUT2D eigenvalue weighted by Crippen LogP contribution is 2.55. The highest BCUT2D eigenvalue weighted by Gasteiger charge is 2.40. The van der Waals surface area contributed by atoms with Crippen LogP contribution in [0.1, 0.15) is 64.6 Å². The normalized spacial score (nSPS) is 24.0. The van der Waals surface area contributed by atoms with Crippen LogP contribution in [0.5, 0.6) is 0 Å². The summed E-state index contributed by atoms with van der Waals surface area (Å²) < 4.78 is 0. The van der Waals surface area contributed by atoms with E-state index in [1.54, 1.807) is 0 Å². The second kappa shape index (κ2) is 6.47. The number of benzene rings is 3. The zero-order valence-corrected chi connectivity index (χ0v) is 16.9. The summed E-state index contributed by atoms with van der Waals surface area (Å²) in [6.07, 6.45) is 2.41. The zero-order valence-electron chi connectivity index (χ0n) is 16.9. The molecule has 3 unspecified atom stereocenters. The summed E-state index contributed by atoms with van der Waals surface area (Å²) in [6, 6.07) is 20.7. The number of aryl methyl sites for hydroxylation is 1. The molecule has 0 saturated heterocycles. The maximum Gasteiger partial charge on any atom is 0.0991 e. The average molecular weight is 367 g/mol. The summed E-state index contributed by atoms with van der Waals surface area (Å²) in [6.45, 7) is 5.65. The summed E-state index contributed by atoms with van der Waals surface area (Å²) in [5.74, 6) is 1.26. The number of hydrogen-bond acceptors (Lipinski definition) is 2. The van der Waals surface area contributed by atoms with Crippen LogP contribution < -0.4 is 0 Å². The first-order valence-corrected chi connectivity index (χ1v) is 10.3. The molecule has 1 aliphatic heterocycles. The topological polar surface area (TPSA) is 27.0 Å². The fourth-order valence-electron chi connectivity index (χ4n) is 4.98. The molecule has 0 bridgehead atoms. The zero-order chi connectivity index (χ0) is 19.4. The van der Waals surface area contributed by atoms with Crippen LogP contribution in [0.3, 0.4) is 0 Å². The lowest BCUT2D eigenvalue weighted by Crippen LogP contribution is -2.30. The third-order valence-electron chi connectivity index (χ3n) is 6.97. The molecule has 28 heavy (non-hydrogen) atoms. The van der Waals surface area contributed by atoms with Gasteiger partial charge in [-0.15, -0.1) is 0 Å². The molecule has 2 aliphatic rings. The number of fused-ring (bicyclic) bond motifs is 2. The largest absolute Gasteiger partial charge is 0.299 e. The van der Waals surface area contributed by atoms with Gasteiger partial charge in [0.05, 0.1) is 11.6 Å². The van der Waals surface area contributed by atoms with Gasteiger partial charge in [-0.1, -0.05) is 36.4 Å². The second-order valence-corrected chi connectivity index (χ2v) is 8.70. The third kappa shape index (κ3) is 2.82. The van der Waals surface area contributed by atoms with Gasteiger partial charge >= 0.3 is 0 Å². The molecule has 0 aromatic heterocycles. The summed E-state index contributed by atoms with van der Waals surface area (Å²) >= 11 is 0. The van der Waals surface area contributed by atoms with Gasteiger partial charge in [0.25, 0.3) is 0 Å². The lowest BCUT2D eigenvalue weighted by atomic mass is 9.90. The number of likely N-dealkylation sites (N-methyl/N-ethyl adjacent to an activating group) is 1.